The average molecular weight is 348 g/mol. The lowest BCUT2D eigenvalue weighted by Gasteiger charge is -2.13. The summed E-state index contributed by atoms with van der Waals surface area (Å²) in [6.45, 7) is 4.47. The van der Waals surface area contributed by atoms with Crippen LogP contribution < -0.4 is 16.0 Å². The van der Waals surface area contributed by atoms with E-state index >= 15 is 0 Å². The second-order valence-corrected chi connectivity index (χ2v) is 7.68. The molecule has 3 N–H and O–H groups in total. The van der Waals surface area contributed by atoms with Crippen molar-refractivity contribution in [3.63, 3.8) is 0 Å². The van der Waals surface area contributed by atoms with E-state index in [1.54, 1.807) is 7.11 Å². The monoisotopic (exact) mass is 348 g/mol. The van der Waals surface area contributed by atoms with Gasteiger partial charge in [-0.1, -0.05) is 0 Å². The number of rotatable bonds is 9. The van der Waals surface area contributed by atoms with Crippen LogP contribution in [0.5, 0.6) is 0 Å². The summed E-state index contributed by atoms with van der Waals surface area (Å²) < 4.78 is 27.7. The summed E-state index contributed by atoms with van der Waals surface area (Å²) in [7, 11) is -1.31. The van der Waals surface area contributed by atoms with Crippen LogP contribution >= 0.6 is 0 Å². The summed E-state index contributed by atoms with van der Waals surface area (Å²) in [6.07, 6.45) is 1.62. The van der Waals surface area contributed by atoms with Gasteiger partial charge in [0.15, 0.2) is 15.8 Å². The fourth-order valence-corrected chi connectivity index (χ4v) is 3.92. The van der Waals surface area contributed by atoms with Crippen molar-refractivity contribution in [3.8, 4) is 0 Å². The maximum absolute atomic E-state index is 11.8. The van der Waals surface area contributed by atoms with Gasteiger partial charge in [0, 0.05) is 45.8 Å². The zero-order valence-corrected chi connectivity index (χ0v) is 14.7. The molecule has 1 unspecified atom stereocenters. The number of sulfone groups is 1. The third-order valence-corrected chi connectivity index (χ3v) is 5.13. The Hall–Kier alpha value is -1.35. The molecule has 1 fully saturated rings. The standard InChI is InChI=1S/C14H28N4O4S/c1-3-15-14(16-7-4-9-22-2)17-8-5-13(19)18-12-6-10-23(20,21)11-12/h12H,3-11H2,1-2H3,(H,18,19)(H2,15,16,17). The SMILES string of the molecule is CCNC(=NCCCOC)NCCC(=O)NC1CCS(=O)(=O)C1. The lowest BCUT2D eigenvalue weighted by atomic mass is 10.2. The van der Waals surface area contributed by atoms with Crippen LogP contribution in [0, 0.1) is 0 Å². The van der Waals surface area contributed by atoms with Crippen LogP contribution in [-0.4, -0.2) is 71.2 Å². The topological polar surface area (TPSA) is 109 Å². The number of hydrogen-bond acceptors (Lipinski definition) is 5. The highest BCUT2D eigenvalue weighted by molar-refractivity contribution is 7.91. The summed E-state index contributed by atoms with van der Waals surface area (Å²) in [5.74, 6) is 0.736. The number of amides is 1. The molecule has 1 heterocycles. The molecule has 0 aliphatic carbocycles. The van der Waals surface area contributed by atoms with Crippen molar-refractivity contribution in [3.05, 3.63) is 0 Å². The first-order chi connectivity index (χ1) is 11.0. The summed E-state index contributed by atoms with van der Waals surface area (Å²) in [6, 6.07) is -0.247. The number of ether oxygens (including phenoxy) is 1. The summed E-state index contributed by atoms with van der Waals surface area (Å²) in [5, 5.41) is 8.96. The molecule has 0 aromatic heterocycles. The fourth-order valence-electron chi connectivity index (χ4n) is 2.24. The van der Waals surface area contributed by atoms with Crippen molar-refractivity contribution in [1.29, 1.82) is 0 Å². The molecule has 1 aliphatic rings. The summed E-state index contributed by atoms with van der Waals surface area (Å²) in [5.41, 5.74) is 0. The minimum Gasteiger partial charge on any atom is -0.385 e. The van der Waals surface area contributed by atoms with Gasteiger partial charge in [-0.15, -0.1) is 0 Å². The van der Waals surface area contributed by atoms with E-state index in [4.69, 9.17) is 4.74 Å². The van der Waals surface area contributed by atoms with E-state index < -0.39 is 9.84 Å². The Kier molecular flexibility index (Phi) is 8.93. The Morgan fingerprint density at radius 2 is 2.13 bits per heavy atom. The van der Waals surface area contributed by atoms with E-state index in [0.29, 0.717) is 32.1 Å². The Labute approximate surface area is 138 Å². The van der Waals surface area contributed by atoms with Crippen LogP contribution in [0.2, 0.25) is 0 Å². The van der Waals surface area contributed by atoms with Crippen LogP contribution in [0.1, 0.15) is 26.2 Å². The Morgan fingerprint density at radius 3 is 2.74 bits per heavy atom. The highest BCUT2D eigenvalue weighted by Crippen LogP contribution is 2.11. The molecule has 0 aromatic rings. The second kappa shape index (κ2) is 10.4. The molecule has 1 saturated heterocycles. The number of carbonyl (C=O) groups excluding carboxylic acids is 1. The highest BCUT2D eigenvalue weighted by Gasteiger charge is 2.28. The van der Waals surface area contributed by atoms with Crippen molar-refractivity contribution in [2.75, 3.05) is 44.9 Å². The number of methoxy groups -OCH3 is 1. The van der Waals surface area contributed by atoms with E-state index in [2.05, 4.69) is 20.9 Å². The largest absolute Gasteiger partial charge is 0.385 e. The quantitative estimate of drug-likeness (QED) is 0.288. The van der Waals surface area contributed by atoms with Gasteiger partial charge in [-0.25, -0.2) is 8.42 Å². The van der Waals surface area contributed by atoms with Gasteiger partial charge in [0.1, 0.15) is 0 Å². The highest BCUT2D eigenvalue weighted by atomic mass is 32.2. The lowest BCUT2D eigenvalue weighted by molar-refractivity contribution is -0.121. The Bertz CT molecular complexity index is 493. The third kappa shape index (κ3) is 8.75. The number of carbonyl (C=O) groups is 1. The second-order valence-electron chi connectivity index (χ2n) is 5.45. The van der Waals surface area contributed by atoms with Gasteiger partial charge in [-0.2, -0.15) is 0 Å². The van der Waals surface area contributed by atoms with Crippen molar-refractivity contribution < 1.29 is 17.9 Å². The van der Waals surface area contributed by atoms with E-state index in [-0.39, 0.29) is 29.9 Å². The van der Waals surface area contributed by atoms with Gasteiger partial charge in [-0.3, -0.25) is 9.79 Å². The van der Waals surface area contributed by atoms with Crippen LogP contribution in [0.15, 0.2) is 4.99 Å². The maximum atomic E-state index is 11.8. The molecule has 23 heavy (non-hydrogen) atoms. The van der Waals surface area contributed by atoms with Crippen molar-refractivity contribution >= 4 is 21.7 Å². The molecule has 1 rings (SSSR count). The maximum Gasteiger partial charge on any atom is 0.222 e. The molecule has 0 bridgehead atoms. The van der Waals surface area contributed by atoms with E-state index in [9.17, 15) is 13.2 Å². The summed E-state index contributed by atoms with van der Waals surface area (Å²) >= 11 is 0. The van der Waals surface area contributed by atoms with E-state index in [1.165, 1.54) is 0 Å². The fraction of sp³-hybridized carbons (Fsp3) is 0.857. The molecular weight excluding hydrogens is 320 g/mol. The molecule has 1 amide bonds. The van der Waals surface area contributed by atoms with E-state index in [0.717, 1.165) is 13.0 Å². The zero-order chi connectivity index (χ0) is 17.1. The lowest BCUT2D eigenvalue weighted by Crippen LogP contribution is -2.41. The molecule has 0 saturated carbocycles. The minimum absolute atomic E-state index is 0.0514. The number of nitrogens with zero attached hydrogens (tertiary/aromatic N) is 1. The zero-order valence-electron chi connectivity index (χ0n) is 13.9. The van der Waals surface area contributed by atoms with Gasteiger partial charge < -0.3 is 20.7 Å². The molecule has 1 atom stereocenters. The summed E-state index contributed by atoms with van der Waals surface area (Å²) in [4.78, 5) is 16.2. The smallest absolute Gasteiger partial charge is 0.222 e. The number of hydrogen-bond donors (Lipinski definition) is 3. The van der Waals surface area contributed by atoms with Gasteiger partial charge in [-0.05, 0) is 19.8 Å². The number of guanidine groups is 1. The minimum atomic E-state index is -2.97. The Morgan fingerprint density at radius 1 is 1.35 bits per heavy atom. The van der Waals surface area contributed by atoms with Crippen LogP contribution in [0.25, 0.3) is 0 Å². The van der Waals surface area contributed by atoms with Gasteiger partial charge in [0.25, 0.3) is 0 Å². The number of aliphatic imine (C=N–C) groups is 1. The normalized spacial score (nSPS) is 20.3. The van der Waals surface area contributed by atoms with Crippen LogP contribution in [0.4, 0.5) is 0 Å². The molecule has 9 heteroatoms. The van der Waals surface area contributed by atoms with Gasteiger partial charge in [0.05, 0.1) is 11.5 Å². The molecule has 1 aliphatic heterocycles. The molecule has 134 valence electrons. The average Bonchev–Trinajstić information content (AvgIpc) is 2.82. The van der Waals surface area contributed by atoms with Gasteiger partial charge >= 0.3 is 0 Å². The first kappa shape index (κ1) is 19.7. The van der Waals surface area contributed by atoms with Crippen LogP contribution in [0.3, 0.4) is 0 Å². The van der Waals surface area contributed by atoms with E-state index in [1.807, 2.05) is 6.92 Å². The van der Waals surface area contributed by atoms with Crippen LogP contribution in [-0.2, 0) is 19.4 Å². The predicted molar refractivity (Wildman–Crippen MR) is 90.3 cm³/mol. The molecule has 8 nitrogen and oxygen atoms in total. The number of nitrogens with one attached hydrogen (secondary N) is 3. The first-order valence-electron chi connectivity index (χ1n) is 7.97. The van der Waals surface area contributed by atoms with Crippen molar-refractivity contribution in [1.82, 2.24) is 16.0 Å². The Balaban J connectivity index is 2.25. The molecule has 0 aromatic carbocycles. The molecular formula is C14H28N4O4S. The van der Waals surface area contributed by atoms with Crippen molar-refractivity contribution in [2.45, 2.75) is 32.2 Å². The third-order valence-electron chi connectivity index (χ3n) is 3.36. The van der Waals surface area contributed by atoms with Gasteiger partial charge in [0.2, 0.25) is 5.91 Å². The molecule has 0 spiro atoms. The molecule has 0 radical (unpaired) electrons. The predicted octanol–water partition coefficient (Wildman–Crippen LogP) is -0.729. The van der Waals surface area contributed by atoms with Crippen molar-refractivity contribution in [2.24, 2.45) is 4.99 Å². The first-order valence-corrected chi connectivity index (χ1v) is 9.80.